The lowest BCUT2D eigenvalue weighted by Crippen LogP contribution is -2.23. The van der Waals surface area contributed by atoms with Crippen LogP contribution in [-0.2, 0) is 13.0 Å². The zero-order valence-electron chi connectivity index (χ0n) is 15.0. The van der Waals surface area contributed by atoms with Gasteiger partial charge in [0.2, 0.25) is 5.75 Å². The van der Waals surface area contributed by atoms with Crippen LogP contribution in [0.1, 0.15) is 18.3 Å². The zero-order chi connectivity index (χ0) is 18.8. The fraction of sp³-hybridized carbons (Fsp3) is 0.353. The van der Waals surface area contributed by atoms with E-state index in [-0.39, 0.29) is 5.65 Å². The Hall–Kier alpha value is -3.23. The second kappa shape index (κ2) is 6.95. The molecule has 0 amide bonds. The Morgan fingerprint density at radius 1 is 1.04 bits per heavy atom. The molecule has 0 atom stereocenters. The van der Waals surface area contributed by atoms with Crippen molar-refractivity contribution in [2.24, 2.45) is 0 Å². The summed E-state index contributed by atoms with van der Waals surface area (Å²) in [5.74, 6) is 2.21. The van der Waals surface area contributed by atoms with Crippen molar-refractivity contribution < 1.29 is 14.2 Å². The number of nitrogens with zero attached hydrogens (tertiary/aromatic N) is 2. The molecule has 0 fully saturated rings. The minimum absolute atomic E-state index is 0.267. The van der Waals surface area contributed by atoms with Gasteiger partial charge in [-0.15, -0.1) is 0 Å². The summed E-state index contributed by atoms with van der Waals surface area (Å²) in [5, 5.41) is 0. The third-order valence-corrected chi connectivity index (χ3v) is 4.10. The molecule has 0 radical (unpaired) electrons. The molecule has 0 saturated heterocycles. The van der Waals surface area contributed by atoms with Gasteiger partial charge in [-0.3, -0.25) is 14.8 Å². The van der Waals surface area contributed by atoms with E-state index in [1.165, 1.54) is 7.11 Å². The van der Waals surface area contributed by atoms with Gasteiger partial charge in [0.05, 0.1) is 21.3 Å². The molecule has 9 nitrogen and oxygen atoms in total. The van der Waals surface area contributed by atoms with Gasteiger partial charge < -0.3 is 18.8 Å². The maximum Gasteiger partial charge on any atom is 0.327 e. The quantitative estimate of drug-likeness (QED) is 0.680. The number of benzene rings is 1. The van der Waals surface area contributed by atoms with Crippen LogP contribution in [0, 0.1) is 0 Å². The maximum atomic E-state index is 12.3. The first-order chi connectivity index (χ1) is 12.5. The van der Waals surface area contributed by atoms with Gasteiger partial charge in [0.15, 0.2) is 22.7 Å². The van der Waals surface area contributed by atoms with Gasteiger partial charge in [-0.05, 0) is 17.7 Å². The lowest BCUT2D eigenvalue weighted by atomic mass is 10.1. The molecule has 0 unspecified atom stereocenters. The average Bonchev–Trinajstić information content (AvgIpc) is 2.98. The minimum atomic E-state index is -0.581. The first-order valence-corrected chi connectivity index (χ1v) is 8.02. The Kier molecular flexibility index (Phi) is 4.70. The highest BCUT2D eigenvalue weighted by molar-refractivity contribution is 5.70. The molecule has 2 aromatic heterocycles. The van der Waals surface area contributed by atoms with Crippen LogP contribution in [0.4, 0.5) is 0 Å². The van der Waals surface area contributed by atoms with E-state index in [9.17, 15) is 9.59 Å². The van der Waals surface area contributed by atoms with Crippen LogP contribution in [-0.4, -0.2) is 40.8 Å². The maximum absolute atomic E-state index is 12.3. The first kappa shape index (κ1) is 17.6. The molecule has 0 aliphatic carbocycles. The Balaban J connectivity index is 2.18. The van der Waals surface area contributed by atoms with Crippen LogP contribution in [0.2, 0.25) is 0 Å². The largest absolute Gasteiger partial charge is 0.493 e. The van der Waals surface area contributed by atoms with Crippen LogP contribution in [0.25, 0.3) is 11.2 Å². The van der Waals surface area contributed by atoms with E-state index in [0.717, 1.165) is 5.56 Å². The highest BCUT2D eigenvalue weighted by Crippen LogP contribution is 2.38. The smallest absolute Gasteiger partial charge is 0.327 e. The molecule has 26 heavy (non-hydrogen) atoms. The van der Waals surface area contributed by atoms with Crippen molar-refractivity contribution in [3.05, 3.63) is 44.4 Å². The molecule has 9 heteroatoms. The summed E-state index contributed by atoms with van der Waals surface area (Å²) in [6.45, 7) is 2.28. The van der Waals surface area contributed by atoms with Crippen molar-refractivity contribution >= 4 is 11.2 Å². The van der Waals surface area contributed by atoms with Gasteiger partial charge in [0.1, 0.15) is 5.82 Å². The minimum Gasteiger partial charge on any atom is -0.493 e. The SMILES string of the molecule is CCc1nc2[nH]c(=O)[nH]c(=O)c2n1Cc1cc(OC)c(OC)c(OC)c1. The Labute approximate surface area is 148 Å². The van der Waals surface area contributed by atoms with Crippen molar-refractivity contribution in [2.75, 3.05) is 21.3 Å². The van der Waals surface area contributed by atoms with E-state index in [0.29, 0.717) is 41.6 Å². The van der Waals surface area contributed by atoms with Crippen LogP contribution in [0.15, 0.2) is 21.7 Å². The van der Waals surface area contributed by atoms with Crippen molar-refractivity contribution in [1.82, 2.24) is 19.5 Å². The van der Waals surface area contributed by atoms with Crippen LogP contribution in [0.5, 0.6) is 17.2 Å². The number of imidazole rings is 1. The number of hydrogen-bond acceptors (Lipinski definition) is 6. The lowest BCUT2D eigenvalue weighted by molar-refractivity contribution is 0.323. The third-order valence-electron chi connectivity index (χ3n) is 4.10. The summed E-state index contributed by atoms with van der Waals surface area (Å²) >= 11 is 0. The predicted molar refractivity (Wildman–Crippen MR) is 95.6 cm³/mol. The van der Waals surface area contributed by atoms with Gasteiger partial charge in [-0.25, -0.2) is 9.78 Å². The van der Waals surface area contributed by atoms with Crippen molar-refractivity contribution in [1.29, 1.82) is 0 Å². The lowest BCUT2D eigenvalue weighted by Gasteiger charge is -2.15. The van der Waals surface area contributed by atoms with Gasteiger partial charge in [-0.1, -0.05) is 6.92 Å². The topological polar surface area (TPSA) is 111 Å². The molecule has 2 N–H and O–H groups in total. The Bertz CT molecular complexity index is 1040. The number of aryl methyl sites for hydroxylation is 1. The molecular formula is C17H20N4O5. The fourth-order valence-corrected chi connectivity index (χ4v) is 2.97. The molecule has 0 bridgehead atoms. The molecule has 138 valence electrons. The van der Waals surface area contributed by atoms with E-state index < -0.39 is 11.2 Å². The molecule has 0 saturated carbocycles. The Morgan fingerprint density at radius 2 is 1.69 bits per heavy atom. The number of hydrogen-bond donors (Lipinski definition) is 2. The highest BCUT2D eigenvalue weighted by atomic mass is 16.5. The van der Waals surface area contributed by atoms with E-state index >= 15 is 0 Å². The first-order valence-electron chi connectivity index (χ1n) is 8.02. The monoisotopic (exact) mass is 360 g/mol. The fourth-order valence-electron chi connectivity index (χ4n) is 2.97. The number of ether oxygens (including phenoxy) is 3. The van der Waals surface area contributed by atoms with E-state index in [1.807, 2.05) is 19.1 Å². The highest BCUT2D eigenvalue weighted by Gasteiger charge is 2.17. The average molecular weight is 360 g/mol. The number of nitrogens with one attached hydrogen (secondary N) is 2. The number of fused-ring (bicyclic) bond motifs is 1. The van der Waals surface area contributed by atoms with Crippen LogP contribution in [0.3, 0.4) is 0 Å². The van der Waals surface area contributed by atoms with Crippen molar-refractivity contribution in [2.45, 2.75) is 19.9 Å². The summed E-state index contributed by atoms with van der Waals surface area (Å²) in [7, 11) is 4.62. The molecule has 0 aliphatic rings. The van der Waals surface area contributed by atoms with Gasteiger partial charge in [-0.2, -0.15) is 0 Å². The molecular weight excluding hydrogens is 340 g/mol. The molecule has 0 aliphatic heterocycles. The summed E-state index contributed by atoms with van der Waals surface area (Å²) in [6, 6.07) is 3.62. The summed E-state index contributed by atoms with van der Waals surface area (Å²) in [5.41, 5.74) is 0.350. The number of methoxy groups -OCH3 is 3. The van der Waals surface area contributed by atoms with Gasteiger partial charge in [0.25, 0.3) is 5.56 Å². The predicted octanol–water partition coefficient (Wildman–Crippen LogP) is 1.05. The summed E-state index contributed by atoms with van der Waals surface area (Å²) in [6.07, 6.45) is 0.598. The number of aromatic amines is 2. The molecule has 2 heterocycles. The van der Waals surface area contributed by atoms with Gasteiger partial charge >= 0.3 is 5.69 Å². The Morgan fingerprint density at radius 3 is 2.23 bits per heavy atom. The van der Waals surface area contributed by atoms with E-state index in [4.69, 9.17) is 14.2 Å². The number of H-pyrrole nitrogens is 2. The second-order valence-electron chi connectivity index (χ2n) is 5.61. The van der Waals surface area contributed by atoms with Crippen LogP contribution >= 0.6 is 0 Å². The molecule has 0 spiro atoms. The van der Waals surface area contributed by atoms with E-state index in [2.05, 4.69) is 15.0 Å². The third kappa shape index (κ3) is 2.92. The standard InChI is InChI=1S/C17H20N4O5/c1-5-12-18-15-13(16(22)20-17(23)19-15)21(12)8-9-6-10(24-2)14(26-4)11(7-9)25-3/h6-7H,5,8H2,1-4H3,(H2,19,20,22,23). The normalized spacial score (nSPS) is 10.9. The summed E-state index contributed by atoms with van der Waals surface area (Å²) < 4.78 is 17.9. The molecule has 3 rings (SSSR count). The number of rotatable bonds is 6. The molecule has 3 aromatic rings. The van der Waals surface area contributed by atoms with Gasteiger partial charge in [0, 0.05) is 13.0 Å². The van der Waals surface area contributed by atoms with Crippen molar-refractivity contribution in [3.63, 3.8) is 0 Å². The van der Waals surface area contributed by atoms with Crippen LogP contribution < -0.4 is 25.5 Å². The summed E-state index contributed by atoms with van der Waals surface area (Å²) in [4.78, 5) is 33.0. The van der Waals surface area contributed by atoms with E-state index in [1.54, 1.807) is 18.8 Å². The number of aromatic nitrogens is 4. The zero-order valence-corrected chi connectivity index (χ0v) is 15.0. The van der Waals surface area contributed by atoms with Crippen molar-refractivity contribution in [3.8, 4) is 17.2 Å². The molecule has 1 aromatic carbocycles. The second-order valence-corrected chi connectivity index (χ2v) is 5.61.